The number of para-hydroxylation sites is 1. The molecule has 3 rings (SSSR count). The molecule has 0 aromatic heterocycles. The summed E-state index contributed by atoms with van der Waals surface area (Å²) in [5.74, 6) is 0.262. The molecule has 0 saturated heterocycles. The highest BCUT2D eigenvalue weighted by molar-refractivity contribution is 6.36. The van der Waals surface area contributed by atoms with Crippen molar-refractivity contribution in [1.29, 1.82) is 0 Å². The van der Waals surface area contributed by atoms with Crippen LogP contribution >= 0.6 is 23.2 Å². The summed E-state index contributed by atoms with van der Waals surface area (Å²) in [5, 5.41) is 3.90. The molecule has 3 aromatic carbocycles. The lowest BCUT2D eigenvalue weighted by Crippen LogP contribution is -2.55. The van der Waals surface area contributed by atoms with Crippen molar-refractivity contribution in [3.05, 3.63) is 99.5 Å². The molecule has 38 heavy (non-hydrogen) atoms. The Morgan fingerprint density at radius 1 is 0.895 bits per heavy atom. The van der Waals surface area contributed by atoms with Gasteiger partial charge in [-0.05, 0) is 56.0 Å². The summed E-state index contributed by atoms with van der Waals surface area (Å²) in [7, 11) is 0. The highest BCUT2D eigenvalue weighted by Gasteiger charge is 2.33. The van der Waals surface area contributed by atoms with Crippen molar-refractivity contribution < 1.29 is 14.3 Å². The van der Waals surface area contributed by atoms with E-state index in [1.165, 1.54) is 4.90 Å². The zero-order valence-electron chi connectivity index (χ0n) is 22.6. The molecule has 0 radical (unpaired) electrons. The first-order valence-corrected chi connectivity index (χ1v) is 13.5. The Balaban J connectivity index is 2.00. The van der Waals surface area contributed by atoms with Gasteiger partial charge in [0.2, 0.25) is 5.91 Å². The second kappa shape index (κ2) is 13.2. The van der Waals surface area contributed by atoms with Crippen molar-refractivity contribution in [3.8, 4) is 5.75 Å². The molecule has 0 heterocycles. The van der Waals surface area contributed by atoms with Crippen molar-refractivity contribution in [2.75, 3.05) is 6.61 Å². The number of amides is 2. The monoisotopic (exact) mass is 554 g/mol. The van der Waals surface area contributed by atoms with Crippen molar-refractivity contribution in [1.82, 2.24) is 10.2 Å². The van der Waals surface area contributed by atoms with Crippen LogP contribution in [0.1, 0.15) is 57.2 Å². The van der Waals surface area contributed by atoms with Crippen LogP contribution in [0.2, 0.25) is 10.0 Å². The zero-order chi connectivity index (χ0) is 27.9. The summed E-state index contributed by atoms with van der Waals surface area (Å²) >= 11 is 13.0. The normalized spacial score (nSPS) is 12.2. The Morgan fingerprint density at radius 2 is 1.50 bits per heavy atom. The average molecular weight is 556 g/mol. The molecule has 0 aliphatic rings. The van der Waals surface area contributed by atoms with Crippen LogP contribution in [0.15, 0.2) is 72.8 Å². The number of carbonyl (C=O) groups is 2. The Kier molecular flexibility index (Phi) is 10.2. The number of hydrogen-bond acceptors (Lipinski definition) is 3. The first kappa shape index (κ1) is 29.5. The summed E-state index contributed by atoms with van der Waals surface area (Å²) in [5.41, 5.74) is 2.02. The van der Waals surface area contributed by atoms with Crippen LogP contribution in [0.5, 0.6) is 5.75 Å². The fourth-order valence-electron chi connectivity index (χ4n) is 4.17. The molecule has 1 unspecified atom stereocenters. The summed E-state index contributed by atoms with van der Waals surface area (Å²) in [4.78, 5) is 29.1. The van der Waals surface area contributed by atoms with E-state index in [2.05, 4.69) is 19.2 Å². The molecule has 0 aliphatic heterocycles. The van der Waals surface area contributed by atoms with Gasteiger partial charge in [0.25, 0.3) is 5.91 Å². The maximum Gasteiger partial charge on any atom is 0.261 e. The first-order chi connectivity index (χ1) is 18.0. The molecule has 0 spiro atoms. The topological polar surface area (TPSA) is 58.6 Å². The minimum absolute atomic E-state index is 0.0571. The number of nitrogens with one attached hydrogen (secondary N) is 1. The molecule has 2 amide bonds. The van der Waals surface area contributed by atoms with Crippen LogP contribution in [0.3, 0.4) is 0 Å². The second-order valence-corrected chi connectivity index (χ2v) is 11.5. The standard InChI is InChI=1S/C31H36Cl2N2O3/c1-21(2)23-14-9-10-17-28(23)38-20-29(36)35(19-24-25(32)15-11-16-26(24)33)27(30(37)34-31(3,4)5)18-22-12-7-6-8-13-22/h6-17,21,27H,18-20H2,1-5H3,(H,34,37). The molecule has 1 atom stereocenters. The van der Waals surface area contributed by atoms with E-state index in [1.54, 1.807) is 18.2 Å². The van der Waals surface area contributed by atoms with E-state index >= 15 is 0 Å². The Bertz CT molecular complexity index is 1220. The maximum absolute atomic E-state index is 13.9. The average Bonchev–Trinajstić information content (AvgIpc) is 2.86. The molecular weight excluding hydrogens is 519 g/mol. The summed E-state index contributed by atoms with van der Waals surface area (Å²) in [6.07, 6.45) is 0.319. The molecule has 0 saturated carbocycles. The number of nitrogens with zero attached hydrogens (tertiary/aromatic N) is 1. The van der Waals surface area contributed by atoms with Gasteiger partial charge in [0.1, 0.15) is 11.8 Å². The number of rotatable bonds is 10. The van der Waals surface area contributed by atoms with Crippen LogP contribution in [0.4, 0.5) is 0 Å². The minimum atomic E-state index is -0.819. The molecule has 0 fully saturated rings. The fraction of sp³-hybridized carbons (Fsp3) is 0.355. The van der Waals surface area contributed by atoms with E-state index in [0.29, 0.717) is 27.8 Å². The molecule has 5 nitrogen and oxygen atoms in total. The van der Waals surface area contributed by atoms with Gasteiger partial charge in [0.05, 0.1) is 0 Å². The Labute approximate surface area is 236 Å². The first-order valence-electron chi connectivity index (χ1n) is 12.8. The number of carbonyl (C=O) groups excluding carboxylic acids is 2. The van der Waals surface area contributed by atoms with Crippen LogP contribution in [0.25, 0.3) is 0 Å². The predicted octanol–water partition coefficient (Wildman–Crippen LogP) is 7.05. The number of benzene rings is 3. The van der Waals surface area contributed by atoms with Crippen LogP contribution < -0.4 is 10.1 Å². The van der Waals surface area contributed by atoms with Crippen molar-refractivity contribution in [3.63, 3.8) is 0 Å². The van der Waals surface area contributed by atoms with Crippen molar-refractivity contribution >= 4 is 35.0 Å². The lowest BCUT2D eigenvalue weighted by molar-refractivity contribution is -0.143. The second-order valence-electron chi connectivity index (χ2n) is 10.6. The molecule has 1 N–H and O–H groups in total. The maximum atomic E-state index is 13.9. The third-order valence-corrected chi connectivity index (χ3v) is 6.76. The molecule has 0 aliphatic carbocycles. The van der Waals surface area contributed by atoms with Gasteiger partial charge < -0.3 is 15.0 Å². The third kappa shape index (κ3) is 8.24. The van der Waals surface area contributed by atoms with Crippen molar-refractivity contribution in [2.24, 2.45) is 0 Å². The molecule has 0 bridgehead atoms. The van der Waals surface area contributed by atoms with Gasteiger partial charge in [-0.25, -0.2) is 0 Å². The highest BCUT2D eigenvalue weighted by atomic mass is 35.5. The molecule has 7 heteroatoms. The Morgan fingerprint density at radius 3 is 2.11 bits per heavy atom. The van der Waals surface area contributed by atoms with Crippen LogP contribution in [-0.2, 0) is 22.6 Å². The quantitative estimate of drug-likeness (QED) is 0.292. The van der Waals surface area contributed by atoms with Gasteiger partial charge in [-0.2, -0.15) is 0 Å². The zero-order valence-corrected chi connectivity index (χ0v) is 24.1. The number of ether oxygens (including phenoxy) is 1. The number of hydrogen-bond donors (Lipinski definition) is 1. The fourth-order valence-corrected chi connectivity index (χ4v) is 4.69. The van der Waals surface area contributed by atoms with Gasteiger partial charge in [0.15, 0.2) is 6.61 Å². The SMILES string of the molecule is CC(C)c1ccccc1OCC(=O)N(Cc1c(Cl)cccc1Cl)C(Cc1ccccc1)C(=O)NC(C)(C)C. The minimum Gasteiger partial charge on any atom is -0.483 e. The van der Waals surface area contributed by atoms with E-state index in [4.69, 9.17) is 27.9 Å². The van der Waals surface area contributed by atoms with Crippen LogP contribution in [0, 0.1) is 0 Å². The molecule has 3 aromatic rings. The molecular formula is C31H36Cl2N2O3. The summed E-state index contributed by atoms with van der Waals surface area (Å²) < 4.78 is 6.03. The van der Waals surface area contributed by atoms with E-state index in [0.717, 1.165) is 11.1 Å². The van der Waals surface area contributed by atoms with E-state index in [1.807, 2.05) is 75.4 Å². The van der Waals surface area contributed by atoms with Crippen LogP contribution in [-0.4, -0.2) is 34.9 Å². The van der Waals surface area contributed by atoms with Gasteiger partial charge in [0, 0.05) is 34.1 Å². The lowest BCUT2D eigenvalue weighted by Gasteiger charge is -2.34. The molecule has 202 valence electrons. The lowest BCUT2D eigenvalue weighted by atomic mass is 10.0. The third-order valence-electron chi connectivity index (χ3n) is 6.05. The van der Waals surface area contributed by atoms with Crippen molar-refractivity contribution in [2.45, 2.75) is 65.1 Å². The predicted molar refractivity (Wildman–Crippen MR) is 155 cm³/mol. The number of halogens is 2. The van der Waals surface area contributed by atoms with Gasteiger partial charge >= 0.3 is 0 Å². The van der Waals surface area contributed by atoms with Gasteiger partial charge in [-0.15, -0.1) is 0 Å². The van der Waals surface area contributed by atoms with E-state index in [-0.39, 0.29) is 30.9 Å². The van der Waals surface area contributed by atoms with E-state index in [9.17, 15) is 9.59 Å². The Hall–Kier alpha value is -3.02. The smallest absolute Gasteiger partial charge is 0.261 e. The van der Waals surface area contributed by atoms with E-state index < -0.39 is 11.6 Å². The largest absolute Gasteiger partial charge is 0.483 e. The highest BCUT2D eigenvalue weighted by Crippen LogP contribution is 2.29. The summed E-state index contributed by atoms with van der Waals surface area (Å²) in [6, 6.07) is 21.7. The summed E-state index contributed by atoms with van der Waals surface area (Å²) in [6.45, 7) is 9.70. The van der Waals surface area contributed by atoms with Gasteiger partial charge in [-0.3, -0.25) is 9.59 Å². The van der Waals surface area contributed by atoms with Gasteiger partial charge in [-0.1, -0.05) is 91.6 Å².